The van der Waals surface area contributed by atoms with E-state index in [4.69, 9.17) is 0 Å². The molecule has 0 aliphatic heterocycles. The molecule has 34 heavy (non-hydrogen) atoms. The molecule has 0 heterocycles. The van der Waals surface area contributed by atoms with Gasteiger partial charge in [0.05, 0.1) is 41.3 Å². The minimum absolute atomic E-state index is 0.198. The Hall–Kier alpha value is -0.120. The number of aliphatic hydroxyl groups excluding tert-OH is 1. The van der Waals surface area contributed by atoms with Gasteiger partial charge in [-0.15, -0.1) is 0 Å². The van der Waals surface area contributed by atoms with Gasteiger partial charge in [0.2, 0.25) is 0 Å². The normalized spacial score (nSPS) is 12.7. The van der Waals surface area contributed by atoms with E-state index in [1.165, 1.54) is 142 Å². The highest BCUT2D eigenvalue weighted by Crippen LogP contribution is 2.14. The van der Waals surface area contributed by atoms with Crippen molar-refractivity contribution in [2.75, 3.05) is 54.4 Å². The molecule has 0 aliphatic rings. The van der Waals surface area contributed by atoms with Gasteiger partial charge >= 0.3 is 0 Å². The Morgan fingerprint density at radius 1 is 0.412 bits per heavy atom. The Morgan fingerprint density at radius 3 is 0.912 bits per heavy atom. The summed E-state index contributed by atoms with van der Waals surface area (Å²) >= 11 is 0. The van der Waals surface area contributed by atoms with Gasteiger partial charge in [0.15, 0.2) is 6.10 Å². The Labute approximate surface area is 216 Å². The van der Waals surface area contributed by atoms with Crippen LogP contribution in [0.3, 0.4) is 0 Å². The molecule has 0 aromatic heterocycles. The molecule has 206 valence electrons. The molecule has 0 saturated carbocycles. The van der Waals surface area contributed by atoms with Crippen molar-refractivity contribution in [2.45, 2.75) is 148 Å². The minimum Gasteiger partial charge on any atom is -0.382 e. The van der Waals surface area contributed by atoms with E-state index in [2.05, 4.69) is 42.0 Å². The van der Waals surface area contributed by atoms with E-state index in [-0.39, 0.29) is 6.10 Å². The monoisotopic (exact) mass is 485 g/mol. The van der Waals surface area contributed by atoms with Crippen molar-refractivity contribution in [3.05, 3.63) is 0 Å². The lowest BCUT2D eigenvalue weighted by Crippen LogP contribution is -2.53. The van der Waals surface area contributed by atoms with Crippen molar-refractivity contribution >= 4 is 0 Å². The number of unbranched alkanes of at least 4 members (excludes halogenated alkanes) is 18. The maximum Gasteiger partial charge on any atom is 0.152 e. The van der Waals surface area contributed by atoms with Crippen LogP contribution in [0.1, 0.15) is 142 Å². The van der Waals surface area contributed by atoms with Crippen LogP contribution in [-0.4, -0.2) is 74.5 Å². The standard InChI is InChI=1S/C31H68N2O/c1-7-9-11-13-15-17-19-21-23-25-27-32(3,4)29-31(34)30-33(5,6)28-26-24-22-20-18-16-14-12-10-8-2/h31,34H,7-30H2,1-6H3/q+2. The van der Waals surface area contributed by atoms with E-state index < -0.39 is 0 Å². The number of rotatable bonds is 26. The summed E-state index contributed by atoms with van der Waals surface area (Å²) in [7, 11) is 9.22. The smallest absolute Gasteiger partial charge is 0.152 e. The van der Waals surface area contributed by atoms with Gasteiger partial charge in [-0.2, -0.15) is 0 Å². The van der Waals surface area contributed by atoms with Gasteiger partial charge in [0.25, 0.3) is 0 Å². The number of aliphatic hydroxyl groups is 1. The number of hydrogen-bond donors (Lipinski definition) is 1. The second kappa shape index (κ2) is 22.1. The van der Waals surface area contributed by atoms with Crippen LogP contribution < -0.4 is 0 Å². The fraction of sp³-hybridized carbons (Fsp3) is 1.00. The van der Waals surface area contributed by atoms with Crippen LogP contribution in [0.4, 0.5) is 0 Å². The van der Waals surface area contributed by atoms with Crippen LogP contribution in [0.25, 0.3) is 0 Å². The molecule has 0 unspecified atom stereocenters. The quantitative estimate of drug-likeness (QED) is 0.0966. The molecule has 0 aromatic carbocycles. The Kier molecular flexibility index (Phi) is 22.0. The zero-order chi connectivity index (χ0) is 25.5. The Bertz CT molecular complexity index is 384. The topological polar surface area (TPSA) is 20.2 Å². The van der Waals surface area contributed by atoms with Gasteiger partial charge in [0.1, 0.15) is 13.1 Å². The molecule has 1 N–H and O–H groups in total. The van der Waals surface area contributed by atoms with Crippen molar-refractivity contribution in [1.82, 2.24) is 0 Å². The fourth-order valence-electron chi connectivity index (χ4n) is 5.44. The zero-order valence-electron chi connectivity index (χ0n) is 24.9. The van der Waals surface area contributed by atoms with Crippen LogP contribution in [0.15, 0.2) is 0 Å². The lowest BCUT2D eigenvalue weighted by molar-refractivity contribution is -0.914. The average molecular weight is 485 g/mol. The molecule has 0 bridgehead atoms. The molecule has 0 rings (SSSR count). The molecule has 3 nitrogen and oxygen atoms in total. The molecule has 0 spiro atoms. The van der Waals surface area contributed by atoms with E-state index in [0.717, 1.165) is 22.1 Å². The van der Waals surface area contributed by atoms with Gasteiger partial charge in [-0.1, -0.05) is 117 Å². The molecule has 0 fully saturated rings. The van der Waals surface area contributed by atoms with Crippen LogP contribution in [-0.2, 0) is 0 Å². The molecule has 0 amide bonds. The van der Waals surface area contributed by atoms with Gasteiger partial charge in [-0.05, 0) is 25.7 Å². The van der Waals surface area contributed by atoms with Gasteiger partial charge in [-0.3, -0.25) is 0 Å². The summed E-state index contributed by atoms with van der Waals surface area (Å²) < 4.78 is 1.91. The Balaban J connectivity index is 3.77. The average Bonchev–Trinajstić information content (AvgIpc) is 2.75. The van der Waals surface area contributed by atoms with Crippen molar-refractivity contribution < 1.29 is 14.1 Å². The summed E-state index contributed by atoms with van der Waals surface area (Å²) in [5.74, 6) is 0. The summed E-state index contributed by atoms with van der Waals surface area (Å²) in [5.41, 5.74) is 0. The van der Waals surface area contributed by atoms with E-state index in [1.54, 1.807) is 0 Å². The maximum atomic E-state index is 10.8. The SMILES string of the molecule is CCCCCCCCCCCC[N+](C)(C)CC(O)C[N+](C)(C)CCCCCCCCCCCC. The first-order valence-corrected chi connectivity index (χ1v) is 15.5. The first kappa shape index (κ1) is 33.9. The van der Waals surface area contributed by atoms with Gasteiger partial charge < -0.3 is 14.1 Å². The summed E-state index contributed by atoms with van der Waals surface area (Å²) in [4.78, 5) is 0. The molecule has 0 saturated heterocycles. The Morgan fingerprint density at radius 2 is 0.647 bits per heavy atom. The van der Waals surface area contributed by atoms with E-state index in [0.29, 0.717) is 0 Å². The summed E-state index contributed by atoms with van der Waals surface area (Å²) in [6.45, 7) is 8.74. The molecule has 3 heteroatoms. The number of likely N-dealkylation sites (N-methyl/N-ethyl adjacent to an activating group) is 2. The molecule has 0 radical (unpaired) electrons. The van der Waals surface area contributed by atoms with Crippen molar-refractivity contribution in [1.29, 1.82) is 0 Å². The minimum atomic E-state index is -0.198. The number of quaternary nitrogens is 2. The molecule has 0 atom stereocenters. The third kappa shape index (κ3) is 23.6. The third-order valence-corrected chi connectivity index (χ3v) is 7.64. The summed E-state index contributed by atoms with van der Waals surface area (Å²) in [6.07, 6.45) is 27.7. The van der Waals surface area contributed by atoms with Crippen molar-refractivity contribution in [3.8, 4) is 0 Å². The number of nitrogens with zero attached hydrogens (tertiary/aromatic N) is 2. The van der Waals surface area contributed by atoms with E-state index in [9.17, 15) is 5.11 Å². The second-order valence-corrected chi connectivity index (χ2v) is 12.7. The predicted molar refractivity (Wildman–Crippen MR) is 153 cm³/mol. The molecule has 0 aliphatic carbocycles. The highest BCUT2D eigenvalue weighted by molar-refractivity contribution is 4.55. The summed E-state index contributed by atoms with van der Waals surface area (Å²) in [5, 5.41) is 10.8. The highest BCUT2D eigenvalue weighted by Gasteiger charge is 2.26. The van der Waals surface area contributed by atoms with Crippen LogP contribution >= 0.6 is 0 Å². The largest absolute Gasteiger partial charge is 0.382 e. The zero-order valence-corrected chi connectivity index (χ0v) is 24.9. The summed E-state index contributed by atoms with van der Waals surface area (Å²) in [6, 6.07) is 0. The van der Waals surface area contributed by atoms with E-state index in [1.807, 2.05) is 0 Å². The number of hydrogen-bond acceptors (Lipinski definition) is 1. The lowest BCUT2D eigenvalue weighted by atomic mass is 10.1. The molecular weight excluding hydrogens is 416 g/mol. The molecule has 0 aromatic rings. The third-order valence-electron chi connectivity index (χ3n) is 7.64. The second-order valence-electron chi connectivity index (χ2n) is 12.7. The van der Waals surface area contributed by atoms with Crippen molar-refractivity contribution in [3.63, 3.8) is 0 Å². The predicted octanol–water partition coefficient (Wildman–Crippen LogP) is 8.34. The van der Waals surface area contributed by atoms with E-state index >= 15 is 0 Å². The first-order valence-electron chi connectivity index (χ1n) is 15.5. The van der Waals surface area contributed by atoms with Gasteiger partial charge in [0, 0.05) is 0 Å². The lowest BCUT2D eigenvalue weighted by Gasteiger charge is -2.36. The molecular formula is C31H68N2O+2. The van der Waals surface area contributed by atoms with Gasteiger partial charge in [-0.25, -0.2) is 0 Å². The highest BCUT2D eigenvalue weighted by atomic mass is 16.3. The van der Waals surface area contributed by atoms with Crippen molar-refractivity contribution in [2.24, 2.45) is 0 Å². The first-order chi connectivity index (χ1) is 16.2. The van der Waals surface area contributed by atoms with Crippen LogP contribution in [0.2, 0.25) is 0 Å². The van der Waals surface area contributed by atoms with Crippen LogP contribution in [0, 0.1) is 0 Å². The fourth-order valence-corrected chi connectivity index (χ4v) is 5.44. The van der Waals surface area contributed by atoms with Crippen LogP contribution in [0.5, 0.6) is 0 Å². The maximum absolute atomic E-state index is 10.8.